The van der Waals surface area contributed by atoms with Gasteiger partial charge < -0.3 is 4.74 Å². The highest BCUT2D eigenvalue weighted by Gasteiger charge is 2.31. The van der Waals surface area contributed by atoms with Crippen molar-refractivity contribution in [2.45, 2.75) is 24.4 Å². The van der Waals surface area contributed by atoms with Crippen molar-refractivity contribution < 1.29 is 27.6 Å². The lowest BCUT2D eigenvalue weighted by Gasteiger charge is -2.12. The normalized spacial score (nSPS) is 11.3. The van der Waals surface area contributed by atoms with Crippen molar-refractivity contribution in [3.05, 3.63) is 92.5 Å². The predicted octanol–water partition coefficient (Wildman–Crippen LogP) is 7.23. The van der Waals surface area contributed by atoms with Crippen LogP contribution in [0.15, 0.2) is 65.6 Å². The van der Waals surface area contributed by atoms with Gasteiger partial charge in [-0.2, -0.15) is 13.2 Å². The average molecular weight is 482 g/mol. The van der Waals surface area contributed by atoms with Crippen molar-refractivity contribution in [2.24, 2.45) is 0 Å². The first-order valence-corrected chi connectivity index (χ1v) is 10.3. The number of benzene rings is 3. The van der Waals surface area contributed by atoms with Crippen molar-refractivity contribution in [1.82, 2.24) is 0 Å². The Balaban J connectivity index is 1.82. The van der Waals surface area contributed by atoms with Crippen LogP contribution < -0.4 is 4.74 Å². The Kier molecular flexibility index (Phi) is 7.10. The third kappa shape index (κ3) is 6.02. The molecule has 3 rings (SSSR count). The summed E-state index contributed by atoms with van der Waals surface area (Å²) >= 11 is 6.86. The van der Waals surface area contributed by atoms with Crippen LogP contribution in [0.3, 0.4) is 0 Å². The molecule has 0 radical (unpaired) electrons. The smallest absolute Gasteiger partial charge is 0.416 e. The molecule has 0 aliphatic carbocycles. The fraction of sp³-hybridized carbons (Fsp3) is 0.136. The third-order valence-electron chi connectivity index (χ3n) is 4.32. The number of nitro benzene ring substituents is 1. The van der Waals surface area contributed by atoms with E-state index in [1.165, 1.54) is 18.2 Å². The van der Waals surface area contributed by atoms with E-state index in [4.69, 9.17) is 16.3 Å². The zero-order valence-electron chi connectivity index (χ0n) is 16.5. The minimum atomic E-state index is -4.56. The Hall–Kier alpha value is -3.04. The number of aryl methyl sites for hydroxylation is 1. The van der Waals surface area contributed by atoms with Crippen LogP contribution in [0.5, 0.6) is 11.5 Å². The molecule has 32 heavy (non-hydrogen) atoms. The van der Waals surface area contributed by atoms with E-state index < -0.39 is 16.7 Å². The second-order valence-electron chi connectivity index (χ2n) is 6.76. The quantitative estimate of drug-likeness (QED) is 0.211. The van der Waals surface area contributed by atoms with E-state index in [9.17, 15) is 28.1 Å². The van der Waals surface area contributed by atoms with Crippen LogP contribution in [0, 0.1) is 17.0 Å². The topological polar surface area (TPSA) is 69.4 Å². The van der Waals surface area contributed by atoms with Gasteiger partial charge in [0.25, 0.3) is 5.69 Å². The standard InChI is InChI=1S/C22H15ClF3NO4S/c1-13-2-6-17(7-3-13)32-21(28)11-14-10-16(5-8-19(14)27(29)30)31-20-9-4-15(12-18(20)23)22(24,25)26/h2-10,12H,11H2,1H3. The second-order valence-corrected chi connectivity index (χ2v) is 8.29. The van der Waals surface area contributed by atoms with Gasteiger partial charge in [-0.3, -0.25) is 14.9 Å². The number of hydrogen-bond acceptors (Lipinski definition) is 5. The Morgan fingerprint density at radius 2 is 1.78 bits per heavy atom. The molecular weight excluding hydrogens is 467 g/mol. The molecule has 0 saturated carbocycles. The molecule has 0 spiro atoms. The largest absolute Gasteiger partial charge is 0.456 e. The van der Waals surface area contributed by atoms with Crippen molar-refractivity contribution in [1.29, 1.82) is 0 Å². The molecule has 0 N–H and O–H groups in total. The fourth-order valence-corrected chi connectivity index (χ4v) is 3.74. The van der Waals surface area contributed by atoms with Crippen LogP contribution in [0.1, 0.15) is 16.7 Å². The van der Waals surface area contributed by atoms with Gasteiger partial charge in [-0.15, -0.1) is 0 Å². The lowest BCUT2D eigenvalue weighted by molar-refractivity contribution is -0.385. The van der Waals surface area contributed by atoms with Crippen molar-refractivity contribution in [3.63, 3.8) is 0 Å². The van der Waals surface area contributed by atoms with E-state index in [2.05, 4.69) is 0 Å². The molecule has 0 atom stereocenters. The first-order chi connectivity index (χ1) is 15.0. The Labute approximate surface area is 190 Å². The van der Waals surface area contributed by atoms with Crippen molar-refractivity contribution in [2.75, 3.05) is 0 Å². The number of carbonyl (C=O) groups is 1. The van der Waals surface area contributed by atoms with E-state index in [1.807, 2.05) is 19.1 Å². The number of halogens is 4. The number of ether oxygens (including phenoxy) is 1. The average Bonchev–Trinajstić information content (AvgIpc) is 2.70. The lowest BCUT2D eigenvalue weighted by atomic mass is 10.1. The zero-order valence-corrected chi connectivity index (χ0v) is 18.1. The summed E-state index contributed by atoms with van der Waals surface area (Å²) < 4.78 is 43.9. The van der Waals surface area contributed by atoms with E-state index in [0.29, 0.717) is 4.90 Å². The number of carbonyl (C=O) groups excluding carboxylic acids is 1. The van der Waals surface area contributed by atoms with Gasteiger partial charge in [-0.25, -0.2) is 0 Å². The summed E-state index contributed by atoms with van der Waals surface area (Å²) in [6, 6.07) is 13.6. The van der Waals surface area contributed by atoms with Crippen LogP contribution in [-0.4, -0.2) is 10.0 Å². The molecule has 0 saturated heterocycles. The highest BCUT2D eigenvalue weighted by Crippen LogP contribution is 2.37. The van der Waals surface area contributed by atoms with Gasteiger partial charge in [0.1, 0.15) is 11.5 Å². The van der Waals surface area contributed by atoms with Gasteiger partial charge in [0.05, 0.1) is 15.5 Å². The van der Waals surface area contributed by atoms with Crippen molar-refractivity contribution >= 4 is 34.2 Å². The molecule has 0 amide bonds. The summed E-state index contributed by atoms with van der Waals surface area (Å²) in [7, 11) is 0. The number of rotatable bonds is 6. The van der Waals surface area contributed by atoms with Gasteiger partial charge in [-0.05, 0) is 49.4 Å². The molecule has 0 heterocycles. The summed E-state index contributed by atoms with van der Waals surface area (Å²) in [5.74, 6) is 0.0419. The molecule has 5 nitrogen and oxygen atoms in total. The molecule has 0 fully saturated rings. The second kappa shape index (κ2) is 9.62. The van der Waals surface area contributed by atoms with Crippen LogP contribution in [0.4, 0.5) is 18.9 Å². The molecule has 0 aliphatic rings. The molecule has 10 heteroatoms. The molecule has 0 aliphatic heterocycles. The minimum absolute atomic E-state index is 0.0557. The number of nitro groups is 1. The lowest BCUT2D eigenvalue weighted by Crippen LogP contribution is -2.04. The summed E-state index contributed by atoms with van der Waals surface area (Å²) in [5.41, 5.74) is -0.0592. The maximum atomic E-state index is 12.8. The Bertz CT molecular complexity index is 1170. The van der Waals surface area contributed by atoms with Gasteiger partial charge >= 0.3 is 6.18 Å². The van der Waals surface area contributed by atoms with E-state index >= 15 is 0 Å². The van der Waals surface area contributed by atoms with Crippen LogP contribution in [0.25, 0.3) is 0 Å². The molecule has 3 aromatic carbocycles. The summed E-state index contributed by atoms with van der Waals surface area (Å²) in [6.45, 7) is 1.91. The van der Waals surface area contributed by atoms with E-state index in [1.54, 1.807) is 12.1 Å². The Morgan fingerprint density at radius 1 is 1.09 bits per heavy atom. The van der Waals surface area contributed by atoms with Gasteiger partial charge in [-0.1, -0.05) is 41.1 Å². The zero-order chi connectivity index (χ0) is 23.5. The van der Waals surface area contributed by atoms with Gasteiger partial charge in [0, 0.05) is 22.9 Å². The molecule has 3 aromatic rings. The minimum Gasteiger partial charge on any atom is -0.456 e. The predicted molar refractivity (Wildman–Crippen MR) is 115 cm³/mol. The van der Waals surface area contributed by atoms with E-state index in [-0.39, 0.29) is 39.3 Å². The van der Waals surface area contributed by atoms with E-state index in [0.717, 1.165) is 35.5 Å². The highest BCUT2D eigenvalue weighted by molar-refractivity contribution is 8.13. The Morgan fingerprint density at radius 3 is 2.38 bits per heavy atom. The molecular formula is C22H15ClF3NO4S. The molecule has 0 unspecified atom stereocenters. The first kappa shape index (κ1) is 23.6. The van der Waals surface area contributed by atoms with Crippen LogP contribution >= 0.6 is 23.4 Å². The number of alkyl halides is 3. The first-order valence-electron chi connectivity index (χ1n) is 9.12. The van der Waals surface area contributed by atoms with Crippen LogP contribution in [0.2, 0.25) is 5.02 Å². The number of nitrogens with zero attached hydrogens (tertiary/aromatic N) is 1. The molecule has 0 aromatic heterocycles. The fourth-order valence-electron chi connectivity index (χ4n) is 2.76. The van der Waals surface area contributed by atoms with Gasteiger partial charge in [0.15, 0.2) is 5.12 Å². The van der Waals surface area contributed by atoms with Crippen LogP contribution in [-0.2, 0) is 17.4 Å². The SMILES string of the molecule is Cc1ccc(SC(=O)Cc2cc(Oc3ccc(C(F)(F)F)cc3Cl)ccc2[N+](=O)[O-])cc1. The summed E-state index contributed by atoms with van der Waals surface area (Å²) in [6.07, 6.45) is -4.80. The monoisotopic (exact) mass is 481 g/mol. The number of thioether (sulfide) groups is 1. The van der Waals surface area contributed by atoms with Gasteiger partial charge in [0.2, 0.25) is 0 Å². The summed E-state index contributed by atoms with van der Waals surface area (Å²) in [4.78, 5) is 23.9. The summed E-state index contributed by atoms with van der Waals surface area (Å²) in [5, 5.41) is 10.8. The highest BCUT2D eigenvalue weighted by atomic mass is 35.5. The maximum absolute atomic E-state index is 12.8. The molecule has 0 bridgehead atoms. The molecule has 166 valence electrons. The third-order valence-corrected chi connectivity index (χ3v) is 5.50. The van der Waals surface area contributed by atoms with Crippen molar-refractivity contribution in [3.8, 4) is 11.5 Å². The maximum Gasteiger partial charge on any atom is 0.416 e. The number of hydrogen-bond donors (Lipinski definition) is 0.